The van der Waals surface area contributed by atoms with Crippen molar-refractivity contribution in [3.63, 3.8) is 0 Å². The first kappa shape index (κ1) is 24.1. The first-order valence-corrected chi connectivity index (χ1v) is 9.47. The molecule has 0 radical (unpaired) electrons. The molecule has 0 unspecified atom stereocenters. The average molecular weight is 372 g/mol. The fraction of sp³-hybridized carbons (Fsp3) is 0.737. The molecule has 0 aliphatic carbocycles. The molecule has 0 atom stereocenters. The lowest BCUT2D eigenvalue weighted by atomic mass is 10.1. The molecule has 0 rings (SSSR count). The number of unbranched alkanes of at least 4 members (excludes halogenated alkanes) is 4. The molecule has 150 valence electrons. The number of carbonyl (C=O) groups is 3. The van der Waals surface area contributed by atoms with Crippen molar-refractivity contribution >= 4 is 17.9 Å². The fourth-order valence-electron chi connectivity index (χ4n) is 2.96. The summed E-state index contributed by atoms with van der Waals surface area (Å²) >= 11 is 0. The van der Waals surface area contributed by atoms with Crippen LogP contribution in [-0.2, 0) is 14.4 Å². The zero-order chi connectivity index (χ0) is 19.8. The molecular formula is C19H34NO6+. The van der Waals surface area contributed by atoms with Crippen molar-refractivity contribution in [3.05, 3.63) is 12.2 Å². The number of nitrogens with zero attached hydrogens (tertiary/aromatic N) is 1. The van der Waals surface area contributed by atoms with Gasteiger partial charge in [0.05, 0.1) is 45.4 Å². The van der Waals surface area contributed by atoms with Crippen molar-refractivity contribution in [2.45, 2.75) is 64.7 Å². The molecule has 0 saturated carbocycles. The van der Waals surface area contributed by atoms with E-state index >= 15 is 0 Å². The van der Waals surface area contributed by atoms with E-state index in [2.05, 4.69) is 19.1 Å². The minimum atomic E-state index is -0.945. The van der Waals surface area contributed by atoms with Gasteiger partial charge < -0.3 is 19.8 Å². The second-order valence-corrected chi connectivity index (χ2v) is 6.78. The standard InChI is InChI=1S/C19H33NO6/c1-2-3-4-5-6-7-8-9-13-20(14-10-17(21)22,15-11-18(23)24)16-12-19(25)26/h4-5H,2-3,6-16H2,1H3,(H2-,21,22,23,24,25,26)/p+1/b5-4+. The van der Waals surface area contributed by atoms with Crippen LogP contribution < -0.4 is 0 Å². The van der Waals surface area contributed by atoms with Gasteiger partial charge in [0.25, 0.3) is 0 Å². The van der Waals surface area contributed by atoms with Gasteiger partial charge in [-0.2, -0.15) is 0 Å². The van der Waals surface area contributed by atoms with Crippen molar-refractivity contribution in [3.8, 4) is 0 Å². The monoisotopic (exact) mass is 372 g/mol. The molecule has 7 nitrogen and oxygen atoms in total. The third kappa shape index (κ3) is 13.4. The second-order valence-electron chi connectivity index (χ2n) is 6.78. The Balaban J connectivity index is 4.69. The zero-order valence-electron chi connectivity index (χ0n) is 15.9. The first-order valence-electron chi connectivity index (χ1n) is 9.47. The van der Waals surface area contributed by atoms with Gasteiger partial charge in [0.2, 0.25) is 0 Å². The van der Waals surface area contributed by atoms with Crippen LogP contribution in [0.15, 0.2) is 12.2 Å². The van der Waals surface area contributed by atoms with E-state index < -0.39 is 17.9 Å². The molecule has 0 aliphatic rings. The molecule has 0 aromatic carbocycles. The zero-order valence-corrected chi connectivity index (χ0v) is 15.9. The highest BCUT2D eigenvalue weighted by Gasteiger charge is 2.29. The largest absolute Gasteiger partial charge is 0.481 e. The van der Waals surface area contributed by atoms with Gasteiger partial charge in [0.1, 0.15) is 0 Å². The number of allylic oxidation sites excluding steroid dienone is 2. The van der Waals surface area contributed by atoms with Crippen LogP contribution in [-0.4, -0.2) is 63.9 Å². The van der Waals surface area contributed by atoms with Gasteiger partial charge in [-0.25, -0.2) is 0 Å². The molecule has 26 heavy (non-hydrogen) atoms. The Hall–Kier alpha value is -1.89. The molecule has 0 aliphatic heterocycles. The molecule has 0 fully saturated rings. The quantitative estimate of drug-likeness (QED) is 0.205. The summed E-state index contributed by atoms with van der Waals surface area (Å²) < 4.78 is 0.247. The maximum Gasteiger partial charge on any atom is 0.309 e. The van der Waals surface area contributed by atoms with Gasteiger partial charge in [-0.3, -0.25) is 14.4 Å². The van der Waals surface area contributed by atoms with Crippen LogP contribution in [0.3, 0.4) is 0 Å². The smallest absolute Gasteiger partial charge is 0.309 e. The highest BCUT2D eigenvalue weighted by atomic mass is 16.4. The summed E-state index contributed by atoms with van der Waals surface area (Å²) in [4.78, 5) is 32.9. The Kier molecular flexibility index (Phi) is 13.3. The van der Waals surface area contributed by atoms with Gasteiger partial charge in [-0.05, 0) is 32.1 Å². The van der Waals surface area contributed by atoms with E-state index in [1.54, 1.807) is 0 Å². The van der Waals surface area contributed by atoms with Crippen LogP contribution in [0.25, 0.3) is 0 Å². The van der Waals surface area contributed by atoms with E-state index in [0.717, 1.165) is 38.5 Å². The van der Waals surface area contributed by atoms with Crippen LogP contribution in [0, 0.1) is 0 Å². The normalized spacial score (nSPS) is 11.7. The maximum atomic E-state index is 11.0. The Labute approximate surface area is 155 Å². The third-order valence-electron chi connectivity index (χ3n) is 4.53. The lowest BCUT2D eigenvalue weighted by Gasteiger charge is -2.38. The van der Waals surface area contributed by atoms with Crippen molar-refractivity contribution in [2.75, 3.05) is 26.2 Å². The van der Waals surface area contributed by atoms with Gasteiger partial charge in [-0.15, -0.1) is 0 Å². The van der Waals surface area contributed by atoms with Crippen molar-refractivity contribution in [2.24, 2.45) is 0 Å². The number of aliphatic carboxylic acids is 3. The minimum absolute atomic E-state index is 0.0843. The topological polar surface area (TPSA) is 112 Å². The Morgan fingerprint density at radius 2 is 1.15 bits per heavy atom. The number of rotatable bonds is 17. The maximum absolute atomic E-state index is 11.0. The highest BCUT2D eigenvalue weighted by molar-refractivity contribution is 5.67. The van der Waals surface area contributed by atoms with Crippen LogP contribution in [0.4, 0.5) is 0 Å². The summed E-state index contributed by atoms with van der Waals surface area (Å²) in [5.74, 6) is -2.84. The van der Waals surface area contributed by atoms with Gasteiger partial charge in [-0.1, -0.05) is 25.5 Å². The number of carboxylic acid groups (broad SMARTS) is 3. The van der Waals surface area contributed by atoms with Crippen LogP contribution in [0.5, 0.6) is 0 Å². The molecule has 0 aromatic heterocycles. The van der Waals surface area contributed by atoms with E-state index in [1.165, 1.54) is 0 Å². The van der Waals surface area contributed by atoms with E-state index in [4.69, 9.17) is 15.3 Å². The van der Waals surface area contributed by atoms with E-state index in [-0.39, 0.29) is 43.4 Å². The average Bonchev–Trinajstić information content (AvgIpc) is 2.57. The first-order chi connectivity index (χ1) is 12.3. The molecular weight excluding hydrogens is 338 g/mol. The van der Waals surface area contributed by atoms with E-state index in [9.17, 15) is 14.4 Å². The van der Waals surface area contributed by atoms with Crippen LogP contribution in [0.2, 0.25) is 0 Å². The Morgan fingerprint density at radius 1 is 0.692 bits per heavy atom. The lowest BCUT2D eigenvalue weighted by molar-refractivity contribution is -0.927. The van der Waals surface area contributed by atoms with Gasteiger partial charge >= 0.3 is 17.9 Å². The molecule has 0 bridgehead atoms. The van der Waals surface area contributed by atoms with Crippen LogP contribution >= 0.6 is 0 Å². The summed E-state index contributed by atoms with van der Waals surface area (Å²) in [6.45, 7) is 3.56. The highest BCUT2D eigenvalue weighted by Crippen LogP contribution is 2.16. The Bertz CT molecular complexity index is 415. The number of carboxylic acids is 3. The van der Waals surface area contributed by atoms with Gasteiger partial charge in [0, 0.05) is 0 Å². The predicted molar refractivity (Wildman–Crippen MR) is 99.0 cm³/mol. The summed E-state index contributed by atoms with van der Waals surface area (Å²) in [5, 5.41) is 27.0. The van der Waals surface area contributed by atoms with E-state index in [1.807, 2.05) is 0 Å². The molecule has 0 saturated heterocycles. The molecule has 0 aromatic rings. The van der Waals surface area contributed by atoms with E-state index in [0.29, 0.717) is 6.54 Å². The molecule has 0 spiro atoms. The number of hydrogen-bond donors (Lipinski definition) is 3. The number of quaternary nitrogens is 1. The molecule has 0 amide bonds. The summed E-state index contributed by atoms with van der Waals surface area (Å²) in [5.41, 5.74) is 0. The SMILES string of the molecule is CCC/C=C/CCCCC[N+](CCC(=O)O)(CCC(=O)O)CCC(=O)O. The van der Waals surface area contributed by atoms with Crippen molar-refractivity contribution in [1.82, 2.24) is 0 Å². The summed E-state index contributed by atoms with van der Waals surface area (Å²) in [6.07, 6.45) is 10.1. The summed E-state index contributed by atoms with van der Waals surface area (Å²) in [6, 6.07) is 0. The predicted octanol–water partition coefficient (Wildman–Crippen LogP) is 3.14. The molecule has 3 N–H and O–H groups in total. The lowest BCUT2D eigenvalue weighted by Crippen LogP contribution is -2.52. The molecule has 7 heteroatoms. The van der Waals surface area contributed by atoms with Crippen molar-refractivity contribution in [1.29, 1.82) is 0 Å². The molecule has 0 heterocycles. The Morgan fingerprint density at radius 3 is 1.58 bits per heavy atom. The summed E-state index contributed by atoms with van der Waals surface area (Å²) in [7, 11) is 0. The number of hydrogen-bond acceptors (Lipinski definition) is 3. The second kappa shape index (κ2) is 14.3. The van der Waals surface area contributed by atoms with Gasteiger partial charge in [0.15, 0.2) is 0 Å². The van der Waals surface area contributed by atoms with Crippen LogP contribution in [0.1, 0.15) is 64.7 Å². The fourth-order valence-corrected chi connectivity index (χ4v) is 2.96. The van der Waals surface area contributed by atoms with Crippen molar-refractivity contribution < 1.29 is 34.2 Å². The third-order valence-corrected chi connectivity index (χ3v) is 4.53. The minimum Gasteiger partial charge on any atom is -0.481 e.